The lowest BCUT2D eigenvalue weighted by Gasteiger charge is -2.00. The van der Waals surface area contributed by atoms with E-state index in [9.17, 15) is 0 Å². The molecule has 1 aliphatic carbocycles. The fourth-order valence-electron chi connectivity index (χ4n) is 2.40. The van der Waals surface area contributed by atoms with Crippen LogP contribution < -0.4 is 0 Å². The van der Waals surface area contributed by atoms with Crippen molar-refractivity contribution in [3.05, 3.63) is 30.0 Å². The second-order valence-electron chi connectivity index (χ2n) is 4.88. The van der Waals surface area contributed by atoms with Crippen LogP contribution in [0.4, 0.5) is 0 Å². The van der Waals surface area contributed by atoms with Crippen molar-refractivity contribution >= 4 is 33.5 Å². The lowest BCUT2D eigenvalue weighted by Crippen LogP contribution is -2.01. The van der Waals surface area contributed by atoms with Gasteiger partial charge >= 0.3 is 0 Å². The van der Waals surface area contributed by atoms with Gasteiger partial charge in [-0.05, 0) is 31.0 Å². The molecule has 2 aromatic rings. The summed E-state index contributed by atoms with van der Waals surface area (Å²) in [5.74, 6) is 0.646. The molecule has 3 nitrogen and oxygen atoms in total. The van der Waals surface area contributed by atoms with Gasteiger partial charge < -0.3 is 0 Å². The molecule has 1 fully saturated rings. The van der Waals surface area contributed by atoms with E-state index in [4.69, 9.17) is 5.26 Å². The molecule has 1 saturated carbocycles. The summed E-state index contributed by atoms with van der Waals surface area (Å²) >= 11 is 2.51. The van der Waals surface area contributed by atoms with Crippen molar-refractivity contribution in [2.45, 2.75) is 23.3 Å². The second kappa shape index (κ2) is 3.45. The number of nitrogens with zero attached hydrogens (tertiary/aromatic N) is 3. The highest BCUT2D eigenvalue weighted by Crippen LogP contribution is 2.60. The average Bonchev–Trinajstić information content (AvgIpc) is 2.65. The molecule has 17 heavy (non-hydrogen) atoms. The van der Waals surface area contributed by atoms with E-state index in [0.29, 0.717) is 20.9 Å². The first-order chi connectivity index (χ1) is 8.04. The van der Waals surface area contributed by atoms with Gasteiger partial charge in [-0.15, -0.1) is 0 Å². The first-order valence-electron chi connectivity index (χ1n) is 5.62. The zero-order chi connectivity index (χ0) is 12.2. The summed E-state index contributed by atoms with van der Waals surface area (Å²) in [5, 5.41) is 14.6. The quantitative estimate of drug-likeness (QED) is 0.592. The smallest absolute Gasteiger partial charge is 0.0992 e. The van der Waals surface area contributed by atoms with Gasteiger partial charge in [0, 0.05) is 15.0 Å². The van der Waals surface area contributed by atoms with E-state index in [2.05, 4.69) is 58.5 Å². The van der Waals surface area contributed by atoms with E-state index in [-0.39, 0.29) is 0 Å². The van der Waals surface area contributed by atoms with Gasteiger partial charge in [0.05, 0.1) is 23.2 Å². The maximum atomic E-state index is 8.86. The first kappa shape index (κ1) is 11.0. The van der Waals surface area contributed by atoms with Gasteiger partial charge in [0.2, 0.25) is 0 Å². The maximum absolute atomic E-state index is 8.86. The summed E-state index contributed by atoms with van der Waals surface area (Å²) in [6.45, 7) is 4.51. The van der Waals surface area contributed by atoms with Crippen molar-refractivity contribution in [3.63, 3.8) is 0 Å². The van der Waals surface area contributed by atoms with Gasteiger partial charge in [0.1, 0.15) is 0 Å². The fourth-order valence-corrected chi connectivity index (χ4v) is 3.38. The number of alkyl halides is 1. The van der Waals surface area contributed by atoms with Crippen molar-refractivity contribution in [2.75, 3.05) is 0 Å². The Balaban J connectivity index is 2.07. The molecule has 0 bridgehead atoms. The van der Waals surface area contributed by atoms with Crippen LogP contribution in [0.3, 0.4) is 0 Å². The van der Waals surface area contributed by atoms with Gasteiger partial charge in [0.15, 0.2) is 0 Å². The molecule has 0 aliphatic heterocycles. The van der Waals surface area contributed by atoms with Gasteiger partial charge in [-0.1, -0.05) is 29.5 Å². The van der Waals surface area contributed by atoms with E-state index >= 15 is 0 Å². The number of rotatable bonds is 1. The summed E-state index contributed by atoms with van der Waals surface area (Å²) in [5.41, 5.74) is 1.58. The molecule has 3 rings (SSSR count). The van der Waals surface area contributed by atoms with Crippen LogP contribution in [0.25, 0.3) is 10.9 Å². The molecule has 1 heterocycles. The van der Waals surface area contributed by atoms with E-state index in [0.717, 1.165) is 10.9 Å². The Labute approximate surface area is 114 Å². The largest absolute Gasteiger partial charge is 0.267 e. The number of fused-ring (bicyclic) bond motifs is 1. The van der Waals surface area contributed by atoms with E-state index in [1.807, 2.05) is 18.2 Å². The van der Waals surface area contributed by atoms with Crippen molar-refractivity contribution in [3.8, 4) is 6.07 Å². The predicted molar refractivity (Wildman–Crippen MR) is 75.1 cm³/mol. The highest BCUT2D eigenvalue weighted by molar-refractivity contribution is 14.1. The molecule has 1 aliphatic rings. The number of hydrogen-bond donors (Lipinski definition) is 0. The van der Waals surface area contributed by atoms with E-state index < -0.39 is 0 Å². The third-order valence-corrected chi connectivity index (χ3v) is 5.39. The Morgan fingerprint density at radius 1 is 1.53 bits per heavy atom. The lowest BCUT2D eigenvalue weighted by molar-refractivity contribution is 0.604. The van der Waals surface area contributed by atoms with Crippen LogP contribution >= 0.6 is 22.6 Å². The Bertz CT molecular complexity index is 636. The summed E-state index contributed by atoms with van der Waals surface area (Å²) in [6.07, 6.45) is 2.08. The molecule has 0 saturated heterocycles. The summed E-state index contributed by atoms with van der Waals surface area (Å²) < 4.78 is 2.36. The number of aromatic nitrogens is 2. The van der Waals surface area contributed by atoms with Crippen molar-refractivity contribution in [2.24, 2.45) is 5.92 Å². The number of nitriles is 1. The van der Waals surface area contributed by atoms with Gasteiger partial charge in [0.25, 0.3) is 0 Å². The number of hydrogen-bond acceptors (Lipinski definition) is 2. The number of halogens is 1. The highest BCUT2D eigenvalue weighted by atomic mass is 127. The molecule has 0 N–H and O–H groups in total. The normalized spacial score (nSPS) is 31.4. The van der Waals surface area contributed by atoms with Gasteiger partial charge in [-0.3, -0.25) is 4.68 Å². The van der Waals surface area contributed by atoms with E-state index in [1.165, 1.54) is 0 Å². The molecule has 0 amide bonds. The highest BCUT2D eigenvalue weighted by Gasteiger charge is 2.58. The summed E-state index contributed by atoms with van der Waals surface area (Å²) in [7, 11) is 0. The van der Waals surface area contributed by atoms with Crippen LogP contribution in [0, 0.1) is 17.2 Å². The van der Waals surface area contributed by atoms with Crippen LogP contribution in [0.2, 0.25) is 0 Å². The Hall–Kier alpha value is -1.09. The second-order valence-corrected chi connectivity index (χ2v) is 7.20. The molecule has 3 atom stereocenters. The zero-order valence-electron chi connectivity index (χ0n) is 9.68. The predicted octanol–water partition coefficient (Wildman–Crippen LogP) is 3.29. The lowest BCUT2D eigenvalue weighted by atomic mass is 10.2. The van der Waals surface area contributed by atoms with Crippen LogP contribution in [-0.2, 0) is 0 Å². The van der Waals surface area contributed by atoms with E-state index in [1.54, 1.807) is 0 Å². The summed E-state index contributed by atoms with van der Waals surface area (Å²) in [6, 6.07) is 8.28. The van der Waals surface area contributed by atoms with Crippen molar-refractivity contribution in [1.82, 2.24) is 9.78 Å². The molecule has 86 valence electrons. The standard InChI is InChI=1S/C13H12IN3/c1-8-12(13(8,2)14)17-7-10-4-3-9(6-15)5-11(10)16-17/h3-5,7-8,12H,1-2H3/t8?,12-,13?/m1/s1. The molecule has 1 aromatic heterocycles. The first-order valence-corrected chi connectivity index (χ1v) is 6.70. The third kappa shape index (κ3) is 1.56. The molecule has 4 heteroatoms. The van der Waals surface area contributed by atoms with Crippen molar-refractivity contribution < 1.29 is 0 Å². The Kier molecular flexibility index (Phi) is 2.24. The molecule has 2 unspecified atom stereocenters. The fraction of sp³-hybridized carbons (Fsp3) is 0.385. The Morgan fingerprint density at radius 3 is 2.82 bits per heavy atom. The monoisotopic (exact) mass is 337 g/mol. The topological polar surface area (TPSA) is 41.6 Å². The SMILES string of the molecule is CC1[C@@H](n2cc3ccc(C#N)cc3n2)C1(C)I. The minimum absolute atomic E-state index is 0.303. The van der Waals surface area contributed by atoms with Crippen LogP contribution in [0.1, 0.15) is 25.5 Å². The van der Waals surface area contributed by atoms with Crippen LogP contribution in [0.5, 0.6) is 0 Å². The van der Waals surface area contributed by atoms with Crippen molar-refractivity contribution in [1.29, 1.82) is 5.26 Å². The van der Waals surface area contributed by atoms with Crippen LogP contribution in [-0.4, -0.2) is 13.2 Å². The minimum atomic E-state index is 0.303. The maximum Gasteiger partial charge on any atom is 0.0992 e. The summed E-state index contributed by atoms with van der Waals surface area (Å²) in [4.78, 5) is 0. The third-order valence-electron chi connectivity index (χ3n) is 3.77. The molecule has 0 spiro atoms. The van der Waals surface area contributed by atoms with Crippen LogP contribution in [0.15, 0.2) is 24.4 Å². The minimum Gasteiger partial charge on any atom is -0.267 e. The average molecular weight is 337 g/mol. The van der Waals surface area contributed by atoms with Gasteiger partial charge in [-0.2, -0.15) is 10.4 Å². The molecule has 1 aromatic carbocycles. The zero-order valence-corrected chi connectivity index (χ0v) is 11.8. The molecular formula is C13H12IN3. The number of benzene rings is 1. The van der Waals surface area contributed by atoms with Gasteiger partial charge in [-0.25, -0.2) is 0 Å². The Morgan fingerprint density at radius 2 is 2.24 bits per heavy atom. The molecule has 0 radical (unpaired) electrons. The molecular weight excluding hydrogens is 325 g/mol.